The van der Waals surface area contributed by atoms with Gasteiger partial charge in [0.25, 0.3) is 0 Å². The predicted octanol–water partition coefficient (Wildman–Crippen LogP) is 3.11. The molecule has 0 heterocycles. The van der Waals surface area contributed by atoms with Crippen LogP contribution in [0, 0.1) is 0 Å². The second-order valence-electron chi connectivity index (χ2n) is 5.09. The maximum Gasteiger partial charge on any atom is 0.220 e. The van der Waals surface area contributed by atoms with Crippen molar-refractivity contribution in [1.29, 1.82) is 0 Å². The first kappa shape index (κ1) is 16.3. The molecule has 0 aromatic heterocycles. The van der Waals surface area contributed by atoms with Crippen molar-refractivity contribution < 1.29 is 14.3 Å². The number of carbonyl (C=O) groups excluding carboxylic acids is 1. The normalized spacial score (nSPS) is 13.4. The fraction of sp³-hybridized carbons (Fsp3) is 0.562. The third-order valence-corrected chi connectivity index (χ3v) is 3.48. The van der Waals surface area contributed by atoms with Crippen LogP contribution in [0.25, 0.3) is 0 Å². The first-order valence-electron chi connectivity index (χ1n) is 7.03. The lowest BCUT2D eigenvalue weighted by Crippen LogP contribution is -2.32. The molecule has 0 bridgehead atoms. The molecule has 4 nitrogen and oxygen atoms in total. The van der Waals surface area contributed by atoms with Crippen LogP contribution in [0.2, 0.25) is 0 Å². The second kappa shape index (κ2) is 7.78. The van der Waals surface area contributed by atoms with Gasteiger partial charge in [-0.3, -0.25) is 4.79 Å². The molecule has 1 rings (SSSR count). The molecule has 112 valence electrons. The third kappa shape index (κ3) is 4.44. The minimum atomic E-state index is 0.0738. The molecule has 0 saturated heterocycles. The topological polar surface area (TPSA) is 47.6 Å². The quantitative estimate of drug-likeness (QED) is 0.834. The van der Waals surface area contributed by atoms with Crippen LogP contribution in [-0.4, -0.2) is 26.2 Å². The Bertz CT molecular complexity index is 445. The van der Waals surface area contributed by atoms with Crippen LogP contribution in [0.5, 0.6) is 11.5 Å². The fourth-order valence-corrected chi connectivity index (χ4v) is 2.05. The maximum atomic E-state index is 11.9. The minimum absolute atomic E-state index is 0.0738. The van der Waals surface area contributed by atoms with E-state index in [4.69, 9.17) is 9.47 Å². The monoisotopic (exact) mass is 279 g/mol. The van der Waals surface area contributed by atoms with Crippen LogP contribution < -0.4 is 14.8 Å². The van der Waals surface area contributed by atoms with Crippen LogP contribution in [0.15, 0.2) is 18.2 Å². The van der Waals surface area contributed by atoms with Gasteiger partial charge in [-0.15, -0.1) is 0 Å². The zero-order valence-electron chi connectivity index (χ0n) is 13.0. The van der Waals surface area contributed by atoms with E-state index in [9.17, 15) is 4.79 Å². The number of hydrogen-bond donors (Lipinski definition) is 1. The van der Waals surface area contributed by atoms with Crippen molar-refractivity contribution in [3.8, 4) is 11.5 Å². The van der Waals surface area contributed by atoms with Gasteiger partial charge in [0, 0.05) is 18.5 Å². The van der Waals surface area contributed by atoms with Crippen LogP contribution in [-0.2, 0) is 4.79 Å². The van der Waals surface area contributed by atoms with E-state index in [1.165, 1.54) is 0 Å². The molecule has 0 aliphatic rings. The highest BCUT2D eigenvalue weighted by Gasteiger charge is 2.16. The van der Waals surface area contributed by atoms with Gasteiger partial charge in [0.05, 0.1) is 14.2 Å². The number of methoxy groups -OCH3 is 2. The van der Waals surface area contributed by atoms with Gasteiger partial charge in [0.15, 0.2) is 0 Å². The molecule has 0 saturated carbocycles. The van der Waals surface area contributed by atoms with Gasteiger partial charge in [-0.2, -0.15) is 0 Å². The SMILES string of the molecule is CCC(C)NC(=O)CC(C)c1ccc(OC)cc1OC. The third-order valence-electron chi connectivity index (χ3n) is 3.48. The van der Waals surface area contributed by atoms with Crippen LogP contribution in [0.1, 0.15) is 45.1 Å². The van der Waals surface area contributed by atoms with Gasteiger partial charge in [-0.25, -0.2) is 0 Å². The molecule has 1 amide bonds. The van der Waals surface area contributed by atoms with Crippen molar-refractivity contribution in [1.82, 2.24) is 5.32 Å². The van der Waals surface area contributed by atoms with Gasteiger partial charge < -0.3 is 14.8 Å². The number of nitrogens with one attached hydrogen (secondary N) is 1. The summed E-state index contributed by atoms with van der Waals surface area (Å²) < 4.78 is 10.6. The Kier molecular flexibility index (Phi) is 6.36. The second-order valence-corrected chi connectivity index (χ2v) is 5.09. The molecule has 0 spiro atoms. The van der Waals surface area contributed by atoms with E-state index >= 15 is 0 Å². The van der Waals surface area contributed by atoms with Gasteiger partial charge in [-0.05, 0) is 30.9 Å². The van der Waals surface area contributed by atoms with Crippen molar-refractivity contribution in [3.63, 3.8) is 0 Å². The first-order valence-corrected chi connectivity index (χ1v) is 7.03. The summed E-state index contributed by atoms with van der Waals surface area (Å²) in [5, 5.41) is 2.99. The molecular formula is C16H25NO3. The molecule has 0 aliphatic heterocycles. The van der Waals surface area contributed by atoms with Gasteiger partial charge in [0.1, 0.15) is 11.5 Å². The Labute approximate surface area is 121 Å². The van der Waals surface area contributed by atoms with E-state index in [0.29, 0.717) is 6.42 Å². The number of rotatable bonds is 7. The van der Waals surface area contributed by atoms with Crippen molar-refractivity contribution >= 4 is 5.91 Å². The number of amides is 1. The van der Waals surface area contributed by atoms with Gasteiger partial charge in [-0.1, -0.05) is 19.9 Å². The van der Waals surface area contributed by atoms with Crippen LogP contribution in [0.4, 0.5) is 0 Å². The van der Waals surface area contributed by atoms with Crippen molar-refractivity contribution in [2.45, 2.75) is 45.6 Å². The zero-order chi connectivity index (χ0) is 15.1. The predicted molar refractivity (Wildman–Crippen MR) is 80.5 cm³/mol. The highest BCUT2D eigenvalue weighted by atomic mass is 16.5. The summed E-state index contributed by atoms with van der Waals surface area (Å²) in [7, 11) is 3.25. The zero-order valence-corrected chi connectivity index (χ0v) is 13.0. The lowest BCUT2D eigenvalue weighted by atomic mass is 9.96. The van der Waals surface area contributed by atoms with Crippen LogP contribution >= 0.6 is 0 Å². The molecular weight excluding hydrogens is 254 g/mol. The number of carbonyl (C=O) groups is 1. The lowest BCUT2D eigenvalue weighted by Gasteiger charge is -2.18. The largest absolute Gasteiger partial charge is 0.497 e. The van der Waals surface area contributed by atoms with E-state index in [2.05, 4.69) is 12.2 Å². The molecule has 2 unspecified atom stereocenters. The van der Waals surface area contributed by atoms with E-state index in [1.807, 2.05) is 32.0 Å². The van der Waals surface area contributed by atoms with E-state index in [0.717, 1.165) is 23.5 Å². The standard InChI is InChI=1S/C16H25NO3/c1-6-12(3)17-16(18)9-11(2)14-8-7-13(19-4)10-15(14)20-5/h7-8,10-12H,6,9H2,1-5H3,(H,17,18). The fourth-order valence-electron chi connectivity index (χ4n) is 2.05. The molecule has 2 atom stereocenters. The summed E-state index contributed by atoms with van der Waals surface area (Å²) in [5.74, 6) is 1.68. The van der Waals surface area contributed by atoms with Gasteiger partial charge >= 0.3 is 0 Å². The lowest BCUT2D eigenvalue weighted by molar-refractivity contribution is -0.122. The summed E-state index contributed by atoms with van der Waals surface area (Å²) in [6, 6.07) is 5.91. The summed E-state index contributed by atoms with van der Waals surface area (Å²) in [6.45, 7) is 6.10. The highest BCUT2D eigenvalue weighted by molar-refractivity contribution is 5.77. The molecule has 0 radical (unpaired) electrons. The van der Waals surface area contributed by atoms with Crippen molar-refractivity contribution in [2.24, 2.45) is 0 Å². The first-order chi connectivity index (χ1) is 9.51. The number of hydrogen-bond acceptors (Lipinski definition) is 3. The Morgan fingerprint density at radius 3 is 2.50 bits per heavy atom. The average molecular weight is 279 g/mol. The van der Waals surface area contributed by atoms with Crippen molar-refractivity contribution in [3.05, 3.63) is 23.8 Å². The summed E-state index contributed by atoms with van der Waals surface area (Å²) in [6.07, 6.45) is 1.39. The van der Waals surface area contributed by atoms with Gasteiger partial charge in [0.2, 0.25) is 5.91 Å². The summed E-state index contributed by atoms with van der Waals surface area (Å²) in [4.78, 5) is 11.9. The number of ether oxygens (including phenoxy) is 2. The highest BCUT2D eigenvalue weighted by Crippen LogP contribution is 2.32. The molecule has 1 N–H and O–H groups in total. The molecule has 20 heavy (non-hydrogen) atoms. The van der Waals surface area contributed by atoms with E-state index < -0.39 is 0 Å². The van der Waals surface area contributed by atoms with Crippen LogP contribution in [0.3, 0.4) is 0 Å². The van der Waals surface area contributed by atoms with Crippen molar-refractivity contribution in [2.75, 3.05) is 14.2 Å². The maximum absolute atomic E-state index is 11.9. The molecule has 4 heteroatoms. The Morgan fingerprint density at radius 1 is 1.25 bits per heavy atom. The molecule has 0 fully saturated rings. The minimum Gasteiger partial charge on any atom is -0.497 e. The molecule has 1 aromatic rings. The average Bonchev–Trinajstić information content (AvgIpc) is 2.45. The van der Waals surface area contributed by atoms with E-state index in [1.54, 1.807) is 14.2 Å². The number of benzene rings is 1. The smallest absolute Gasteiger partial charge is 0.220 e. The molecule has 1 aromatic carbocycles. The Balaban J connectivity index is 2.76. The Morgan fingerprint density at radius 2 is 1.95 bits per heavy atom. The van der Waals surface area contributed by atoms with E-state index in [-0.39, 0.29) is 17.9 Å². The summed E-state index contributed by atoms with van der Waals surface area (Å²) in [5.41, 5.74) is 1.02. The summed E-state index contributed by atoms with van der Waals surface area (Å²) >= 11 is 0. The Hall–Kier alpha value is -1.71. The molecule has 0 aliphatic carbocycles.